The number of hydrazine groups is 1. The standard InChI is InChI=1S/C13H20FN3/c14-10-6-7-12(15)11(8-10)13(17-16)9-4-2-1-3-5-9/h6-9,13,17H,1-5,15-16H2. The van der Waals surface area contributed by atoms with E-state index in [1.54, 1.807) is 6.07 Å². The Kier molecular flexibility index (Phi) is 3.97. The molecule has 2 rings (SSSR count). The summed E-state index contributed by atoms with van der Waals surface area (Å²) >= 11 is 0. The van der Waals surface area contributed by atoms with E-state index in [1.165, 1.54) is 31.4 Å². The molecule has 1 aliphatic rings. The molecule has 5 N–H and O–H groups in total. The van der Waals surface area contributed by atoms with E-state index in [0.29, 0.717) is 11.6 Å². The van der Waals surface area contributed by atoms with Crippen LogP contribution in [0.15, 0.2) is 18.2 Å². The van der Waals surface area contributed by atoms with Crippen LogP contribution in [0.5, 0.6) is 0 Å². The molecule has 1 unspecified atom stereocenters. The Balaban J connectivity index is 2.24. The Labute approximate surface area is 101 Å². The number of rotatable bonds is 3. The molecule has 1 fully saturated rings. The SMILES string of the molecule is NNC(c1cc(F)ccc1N)C1CCCCC1. The van der Waals surface area contributed by atoms with E-state index in [-0.39, 0.29) is 11.9 Å². The maximum Gasteiger partial charge on any atom is 0.123 e. The Hall–Kier alpha value is -1.13. The molecule has 3 nitrogen and oxygen atoms in total. The van der Waals surface area contributed by atoms with Gasteiger partial charge in [0, 0.05) is 5.69 Å². The predicted octanol–water partition coefficient (Wildman–Crippen LogP) is 2.49. The largest absolute Gasteiger partial charge is 0.398 e. The summed E-state index contributed by atoms with van der Waals surface area (Å²) in [4.78, 5) is 0. The predicted molar refractivity (Wildman–Crippen MR) is 67.5 cm³/mol. The molecule has 4 heteroatoms. The van der Waals surface area contributed by atoms with Crippen LogP contribution in [0.4, 0.5) is 10.1 Å². The molecule has 0 radical (unpaired) electrons. The number of benzene rings is 1. The van der Waals surface area contributed by atoms with Crippen molar-refractivity contribution in [1.82, 2.24) is 5.43 Å². The van der Waals surface area contributed by atoms with Crippen molar-refractivity contribution in [3.8, 4) is 0 Å². The van der Waals surface area contributed by atoms with Crippen LogP contribution in [0.1, 0.15) is 43.7 Å². The van der Waals surface area contributed by atoms with E-state index in [9.17, 15) is 4.39 Å². The smallest absolute Gasteiger partial charge is 0.123 e. The van der Waals surface area contributed by atoms with Crippen molar-refractivity contribution in [2.45, 2.75) is 38.1 Å². The average Bonchev–Trinajstić information content (AvgIpc) is 2.36. The second-order valence-corrected chi connectivity index (χ2v) is 4.82. The van der Waals surface area contributed by atoms with Crippen molar-refractivity contribution >= 4 is 5.69 Å². The van der Waals surface area contributed by atoms with Crippen LogP contribution in [-0.2, 0) is 0 Å². The van der Waals surface area contributed by atoms with Gasteiger partial charge in [-0.2, -0.15) is 0 Å². The minimum atomic E-state index is -0.259. The number of halogens is 1. The molecule has 0 saturated heterocycles. The fourth-order valence-corrected chi connectivity index (χ4v) is 2.76. The van der Waals surface area contributed by atoms with E-state index in [4.69, 9.17) is 11.6 Å². The summed E-state index contributed by atoms with van der Waals surface area (Å²) in [6.07, 6.45) is 5.98. The molecule has 0 heterocycles. The number of hydrogen-bond acceptors (Lipinski definition) is 3. The first-order chi connectivity index (χ1) is 8.22. The minimum Gasteiger partial charge on any atom is -0.398 e. The quantitative estimate of drug-likeness (QED) is 0.430. The monoisotopic (exact) mass is 237 g/mol. The number of nitrogen functional groups attached to an aromatic ring is 1. The van der Waals surface area contributed by atoms with Crippen molar-refractivity contribution in [1.29, 1.82) is 0 Å². The van der Waals surface area contributed by atoms with E-state index in [0.717, 1.165) is 18.4 Å². The van der Waals surface area contributed by atoms with Gasteiger partial charge in [-0.25, -0.2) is 4.39 Å². The molecule has 1 aliphatic carbocycles. The zero-order valence-electron chi connectivity index (χ0n) is 9.95. The zero-order chi connectivity index (χ0) is 12.3. The van der Waals surface area contributed by atoms with Gasteiger partial charge in [-0.3, -0.25) is 11.3 Å². The molecule has 0 aliphatic heterocycles. The number of nitrogens with two attached hydrogens (primary N) is 2. The summed E-state index contributed by atoms with van der Waals surface area (Å²) in [5.74, 6) is 5.82. The van der Waals surface area contributed by atoms with Gasteiger partial charge in [-0.15, -0.1) is 0 Å². The first kappa shape index (κ1) is 12.3. The highest BCUT2D eigenvalue weighted by Crippen LogP contribution is 2.36. The van der Waals surface area contributed by atoms with E-state index in [2.05, 4.69) is 5.43 Å². The second-order valence-electron chi connectivity index (χ2n) is 4.82. The van der Waals surface area contributed by atoms with Gasteiger partial charge in [0.05, 0.1) is 6.04 Å². The molecule has 0 amide bonds. The van der Waals surface area contributed by atoms with Gasteiger partial charge in [-0.1, -0.05) is 19.3 Å². The van der Waals surface area contributed by atoms with Gasteiger partial charge < -0.3 is 5.73 Å². The number of nitrogens with one attached hydrogen (secondary N) is 1. The van der Waals surface area contributed by atoms with Gasteiger partial charge in [0.15, 0.2) is 0 Å². The van der Waals surface area contributed by atoms with Crippen LogP contribution in [0.25, 0.3) is 0 Å². The van der Waals surface area contributed by atoms with Crippen LogP contribution in [0, 0.1) is 11.7 Å². The Bertz CT molecular complexity index is 375. The highest BCUT2D eigenvalue weighted by atomic mass is 19.1. The summed E-state index contributed by atoms with van der Waals surface area (Å²) in [6.45, 7) is 0. The third-order valence-corrected chi connectivity index (χ3v) is 3.68. The maximum atomic E-state index is 13.3. The highest BCUT2D eigenvalue weighted by Gasteiger charge is 2.25. The summed E-state index contributed by atoms with van der Waals surface area (Å²) < 4.78 is 13.3. The molecule has 1 saturated carbocycles. The minimum absolute atomic E-state index is 0.0361. The van der Waals surface area contributed by atoms with Crippen LogP contribution in [0.3, 0.4) is 0 Å². The normalized spacial score (nSPS) is 19.2. The lowest BCUT2D eigenvalue weighted by molar-refractivity contribution is 0.273. The molecule has 1 aromatic carbocycles. The first-order valence-corrected chi connectivity index (χ1v) is 6.23. The van der Waals surface area contributed by atoms with Crippen molar-refractivity contribution in [2.75, 3.05) is 5.73 Å². The lowest BCUT2D eigenvalue weighted by Crippen LogP contribution is -2.35. The molecular weight excluding hydrogens is 217 g/mol. The van der Waals surface area contributed by atoms with Crippen LogP contribution in [-0.4, -0.2) is 0 Å². The van der Waals surface area contributed by atoms with Crippen LogP contribution in [0.2, 0.25) is 0 Å². The van der Waals surface area contributed by atoms with Gasteiger partial charge in [-0.05, 0) is 42.5 Å². The summed E-state index contributed by atoms with van der Waals surface area (Å²) in [7, 11) is 0. The van der Waals surface area contributed by atoms with Crippen molar-refractivity contribution < 1.29 is 4.39 Å². The Morgan fingerprint density at radius 1 is 1.24 bits per heavy atom. The van der Waals surface area contributed by atoms with Gasteiger partial charge in [0.2, 0.25) is 0 Å². The van der Waals surface area contributed by atoms with Crippen LogP contribution >= 0.6 is 0 Å². The molecule has 0 bridgehead atoms. The fraction of sp³-hybridized carbons (Fsp3) is 0.538. The van der Waals surface area contributed by atoms with E-state index >= 15 is 0 Å². The third kappa shape index (κ3) is 2.76. The summed E-state index contributed by atoms with van der Waals surface area (Å²) in [5, 5.41) is 0. The van der Waals surface area contributed by atoms with Gasteiger partial charge in [0.1, 0.15) is 5.82 Å². The molecular formula is C13H20FN3. The lowest BCUT2D eigenvalue weighted by Gasteiger charge is -2.30. The van der Waals surface area contributed by atoms with Crippen molar-refractivity contribution in [2.24, 2.45) is 11.8 Å². The van der Waals surface area contributed by atoms with E-state index < -0.39 is 0 Å². The maximum absolute atomic E-state index is 13.3. The van der Waals surface area contributed by atoms with Crippen molar-refractivity contribution in [3.63, 3.8) is 0 Å². The molecule has 0 spiro atoms. The molecule has 1 aromatic rings. The molecule has 94 valence electrons. The zero-order valence-corrected chi connectivity index (χ0v) is 9.95. The molecule has 1 atom stereocenters. The second kappa shape index (κ2) is 5.47. The summed E-state index contributed by atoms with van der Waals surface area (Å²) in [6, 6.07) is 4.45. The highest BCUT2D eigenvalue weighted by molar-refractivity contribution is 5.48. The Morgan fingerprint density at radius 2 is 1.94 bits per heavy atom. The average molecular weight is 237 g/mol. The molecule has 17 heavy (non-hydrogen) atoms. The van der Waals surface area contributed by atoms with Gasteiger partial charge in [0.25, 0.3) is 0 Å². The van der Waals surface area contributed by atoms with Gasteiger partial charge >= 0.3 is 0 Å². The Morgan fingerprint density at radius 3 is 2.59 bits per heavy atom. The number of anilines is 1. The number of hydrogen-bond donors (Lipinski definition) is 3. The van der Waals surface area contributed by atoms with Crippen molar-refractivity contribution in [3.05, 3.63) is 29.6 Å². The lowest BCUT2D eigenvalue weighted by atomic mass is 9.81. The fourth-order valence-electron chi connectivity index (χ4n) is 2.76. The first-order valence-electron chi connectivity index (χ1n) is 6.23. The molecule has 0 aromatic heterocycles. The van der Waals surface area contributed by atoms with Crippen LogP contribution < -0.4 is 17.0 Å². The van der Waals surface area contributed by atoms with E-state index in [1.807, 2.05) is 0 Å². The third-order valence-electron chi connectivity index (χ3n) is 3.68. The summed E-state index contributed by atoms with van der Waals surface area (Å²) in [5.41, 5.74) is 10.1. The topological polar surface area (TPSA) is 64.1 Å².